The van der Waals surface area contributed by atoms with Crippen molar-refractivity contribution in [3.05, 3.63) is 149 Å². The van der Waals surface area contributed by atoms with Crippen molar-refractivity contribution in [3.8, 4) is 67.9 Å². The van der Waals surface area contributed by atoms with Crippen molar-refractivity contribution in [2.75, 3.05) is 42.7 Å². The van der Waals surface area contributed by atoms with Crippen LogP contribution < -0.4 is 28.4 Å². The highest BCUT2D eigenvalue weighted by Crippen LogP contribution is 2.54. The van der Waals surface area contributed by atoms with Crippen LogP contribution >= 0.6 is 0 Å². The molecule has 0 amide bonds. The first kappa shape index (κ1) is 44.5. The molecule has 1 atom stereocenters. The number of hydrogen-bond acceptors (Lipinski definition) is 9. The van der Waals surface area contributed by atoms with E-state index in [2.05, 4.69) is 14.6 Å². The zero-order valence-electron chi connectivity index (χ0n) is 37.6. The Morgan fingerprint density at radius 3 is 1.69 bits per heavy atom. The number of carbonyl (C=O) groups is 1. The summed E-state index contributed by atoms with van der Waals surface area (Å²) in [5.41, 5.74) is 17.4. The fourth-order valence-corrected chi connectivity index (χ4v) is 8.20. The SMILES string of the molecule is COC(=O)C(c1ccc(OC)cc1)c1c(-c2ccc(OC)cc2)c2c(-c3cccc(OC(C)(C)C)c3N=[N+]=[N-])cc(OC)c(-c3ccc(OC)cc3)c2n1CCc1ccc(OC)cc1. The van der Waals surface area contributed by atoms with Gasteiger partial charge in [0.15, 0.2) is 0 Å². The van der Waals surface area contributed by atoms with Crippen molar-refractivity contribution in [1.29, 1.82) is 0 Å². The van der Waals surface area contributed by atoms with Crippen LogP contribution in [-0.2, 0) is 22.5 Å². The number of aryl methyl sites for hydroxylation is 2. The maximum atomic E-state index is 14.7. The molecule has 0 radical (unpaired) electrons. The molecule has 7 aromatic rings. The highest BCUT2D eigenvalue weighted by atomic mass is 16.5. The lowest BCUT2D eigenvalue weighted by molar-refractivity contribution is -0.141. The number of hydrogen-bond donors (Lipinski definition) is 0. The molecule has 6 aromatic carbocycles. The first-order chi connectivity index (χ1) is 31.0. The summed E-state index contributed by atoms with van der Waals surface area (Å²) in [6, 6.07) is 38.6. The van der Waals surface area contributed by atoms with Crippen molar-refractivity contribution in [2.45, 2.75) is 45.3 Å². The van der Waals surface area contributed by atoms with Gasteiger partial charge in [0.1, 0.15) is 46.0 Å². The van der Waals surface area contributed by atoms with Gasteiger partial charge in [0.2, 0.25) is 0 Å². The molecule has 1 heterocycles. The van der Waals surface area contributed by atoms with Gasteiger partial charge in [0.05, 0.1) is 53.9 Å². The third-order valence-electron chi connectivity index (χ3n) is 11.1. The number of carbonyl (C=O) groups excluding carboxylic acids is 1. The van der Waals surface area contributed by atoms with Crippen molar-refractivity contribution in [2.24, 2.45) is 5.11 Å². The Bertz CT molecular complexity index is 2800. The first-order valence-electron chi connectivity index (χ1n) is 20.8. The number of rotatable bonds is 16. The summed E-state index contributed by atoms with van der Waals surface area (Å²) in [6.45, 7) is 6.22. The number of esters is 1. The predicted molar refractivity (Wildman–Crippen MR) is 251 cm³/mol. The standard InChI is InChI=1S/C52H52N4O8/c1-52(2,3)64-42-12-10-11-40(48(42)54-55-53)41-31-43(62-8)44(33-15-23-37(59-5)24-16-33)49-47(41)45(34-17-25-38(60-6)26-18-34)50(56(49)30-29-32-13-21-36(58-4)22-14-32)46(51(57)63-9)35-19-27-39(61-7)28-20-35/h10-28,31,46H,29-30H2,1-9H3. The van der Waals surface area contributed by atoms with Crippen LogP contribution in [-0.4, -0.2) is 58.8 Å². The molecule has 0 bridgehead atoms. The molecule has 0 saturated heterocycles. The molecule has 1 aromatic heterocycles. The van der Waals surface area contributed by atoms with Gasteiger partial charge in [-0.15, -0.1) is 0 Å². The molecule has 0 aliphatic carbocycles. The van der Waals surface area contributed by atoms with Gasteiger partial charge >= 0.3 is 5.97 Å². The minimum absolute atomic E-state index is 0.299. The number of azide groups is 1. The minimum Gasteiger partial charge on any atom is -0.497 e. The third-order valence-corrected chi connectivity index (χ3v) is 11.1. The second-order valence-electron chi connectivity index (χ2n) is 16.0. The second-order valence-corrected chi connectivity index (χ2v) is 16.0. The van der Waals surface area contributed by atoms with Crippen molar-refractivity contribution >= 4 is 22.6 Å². The van der Waals surface area contributed by atoms with Crippen LogP contribution in [0.1, 0.15) is 43.5 Å². The summed E-state index contributed by atoms with van der Waals surface area (Å²) in [6.07, 6.45) is 0.562. The van der Waals surface area contributed by atoms with Crippen LogP contribution in [0, 0.1) is 0 Å². The normalized spacial score (nSPS) is 11.6. The summed E-state index contributed by atoms with van der Waals surface area (Å²) < 4.78 is 43.1. The van der Waals surface area contributed by atoms with Gasteiger partial charge in [0.25, 0.3) is 0 Å². The van der Waals surface area contributed by atoms with Gasteiger partial charge in [-0.1, -0.05) is 65.8 Å². The molecular formula is C52H52N4O8. The predicted octanol–water partition coefficient (Wildman–Crippen LogP) is 12.4. The Hall–Kier alpha value is -7.56. The lowest BCUT2D eigenvalue weighted by Crippen LogP contribution is -2.23. The Labute approximate surface area is 373 Å². The quantitative estimate of drug-likeness (QED) is 0.0405. The van der Waals surface area contributed by atoms with Crippen molar-refractivity contribution in [1.82, 2.24) is 4.57 Å². The third kappa shape index (κ3) is 9.00. The number of ether oxygens (including phenoxy) is 7. The first-order valence-corrected chi connectivity index (χ1v) is 20.8. The highest BCUT2D eigenvalue weighted by molar-refractivity contribution is 6.16. The van der Waals surface area contributed by atoms with Crippen LogP contribution in [0.15, 0.2) is 126 Å². The fraction of sp³-hybridized carbons (Fsp3) is 0.250. The maximum Gasteiger partial charge on any atom is 0.319 e. The van der Waals surface area contributed by atoms with Crippen LogP contribution in [0.25, 0.3) is 54.7 Å². The molecule has 0 aliphatic heterocycles. The lowest BCUT2D eigenvalue weighted by Gasteiger charge is -2.24. The van der Waals surface area contributed by atoms with E-state index in [0.29, 0.717) is 69.8 Å². The topological polar surface area (TPSA) is 135 Å². The Morgan fingerprint density at radius 1 is 0.656 bits per heavy atom. The van der Waals surface area contributed by atoms with Gasteiger partial charge in [-0.2, -0.15) is 0 Å². The minimum atomic E-state index is -0.953. The van der Waals surface area contributed by atoms with E-state index >= 15 is 0 Å². The van der Waals surface area contributed by atoms with Crippen molar-refractivity contribution in [3.63, 3.8) is 0 Å². The molecule has 0 fully saturated rings. The summed E-state index contributed by atoms with van der Waals surface area (Å²) >= 11 is 0. The highest BCUT2D eigenvalue weighted by Gasteiger charge is 2.36. The molecule has 0 aliphatic rings. The van der Waals surface area contributed by atoms with E-state index in [1.807, 2.05) is 136 Å². The number of nitrogens with zero attached hydrogens (tertiary/aromatic N) is 4. The van der Waals surface area contributed by atoms with E-state index in [-0.39, 0.29) is 0 Å². The van der Waals surface area contributed by atoms with E-state index < -0.39 is 17.5 Å². The molecule has 0 spiro atoms. The molecule has 12 heteroatoms. The molecule has 64 heavy (non-hydrogen) atoms. The van der Waals surface area contributed by atoms with Gasteiger partial charge < -0.3 is 37.7 Å². The number of fused-ring (bicyclic) bond motifs is 1. The van der Waals surface area contributed by atoms with E-state index in [9.17, 15) is 10.3 Å². The summed E-state index contributed by atoms with van der Waals surface area (Å²) in [7, 11) is 9.54. The molecule has 1 unspecified atom stereocenters. The van der Waals surface area contributed by atoms with Crippen LogP contribution in [0.4, 0.5) is 5.69 Å². The average molecular weight is 861 g/mol. The number of aromatic nitrogens is 1. The smallest absolute Gasteiger partial charge is 0.319 e. The number of methoxy groups -OCH3 is 6. The summed E-state index contributed by atoms with van der Waals surface area (Å²) in [4.78, 5) is 18.0. The summed E-state index contributed by atoms with van der Waals surface area (Å²) in [5, 5.41) is 5.07. The van der Waals surface area contributed by atoms with Gasteiger partial charge in [-0.3, -0.25) is 4.79 Å². The van der Waals surface area contributed by atoms with Gasteiger partial charge in [-0.05, 0) is 127 Å². The molecule has 0 saturated carbocycles. The zero-order chi connectivity index (χ0) is 45.5. The average Bonchev–Trinajstić information content (AvgIpc) is 3.64. The lowest BCUT2D eigenvalue weighted by atomic mass is 9.86. The van der Waals surface area contributed by atoms with Crippen LogP contribution in [0.5, 0.6) is 34.5 Å². The molecule has 7 rings (SSSR count). The van der Waals surface area contributed by atoms with E-state index in [0.717, 1.165) is 44.5 Å². The maximum absolute atomic E-state index is 14.7. The number of benzene rings is 6. The van der Waals surface area contributed by atoms with Crippen molar-refractivity contribution < 1.29 is 38.0 Å². The van der Waals surface area contributed by atoms with Crippen LogP contribution in [0.3, 0.4) is 0 Å². The fourth-order valence-electron chi connectivity index (χ4n) is 8.20. The Kier molecular flexibility index (Phi) is 13.4. The Balaban J connectivity index is 1.74. The van der Waals surface area contributed by atoms with E-state index in [1.165, 1.54) is 7.11 Å². The van der Waals surface area contributed by atoms with Gasteiger partial charge in [0, 0.05) is 33.7 Å². The zero-order valence-corrected chi connectivity index (χ0v) is 37.6. The largest absolute Gasteiger partial charge is 0.497 e. The van der Waals surface area contributed by atoms with Gasteiger partial charge in [-0.25, -0.2) is 0 Å². The van der Waals surface area contributed by atoms with E-state index in [4.69, 9.17) is 33.2 Å². The Morgan fingerprint density at radius 2 is 1.19 bits per heavy atom. The second kappa shape index (κ2) is 19.2. The van der Waals surface area contributed by atoms with E-state index in [1.54, 1.807) is 41.6 Å². The molecule has 0 N–H and O–H groups in total. The molecular weight excluding hydrogens is 809 g/mol. The monoisotopic (exact) mass is 860 g/mol. The van der Waals surface area contributed by atoms with Crippen LogP contribution in [0.2, 0.25) is 0 Å². The molecule has 328 valence electrons. The summed E-state index contributed by atoms with van der Waals surface area (Å²) in [5.74, 6) is 2.25. The molecule has 12 nitrogen and oxygen atoms in total.